The predicted molar refractivity (Wildman–Crippen MR) is 44.9 cm³/mol. The molecular formula is C9H16O. The Balaban J connectivity index is 3.20. The van der Waals surface area contributed by atoms with E-state index in [2.05, 4.69) is 12.7 Å². The lowest BCUT2D eigenvalue weighted by molar-refractivity contribution is 0.169. The first-order chi connectivity index (χ1) is 4.81. The number of aliphatic hydroxyl groups excluding tert-OH is 1. The van der Waals surface area contributed by atoms with E-state index in [0.717, 1.165) is 12.8 Å². The fourth-order valence-electron chi connectivity index (χ4n) is 0.766. The van der Waals surface area contributed by atoms with Crippen LogP contribution in [0.15, 0.2) is 24.8 Å². The third kappa shape index (κ3) is 5.57. The van der Waals surface area contributed by atoms with Crippen molar-refractivity contribution in [2.75, 3.05) is 0 Å². The Morgan fingerprint density at radius 1 is 1.60 bits per heavy atom. The van der Waals surface area contributed by atoms with Gasteiger partial charge in [0.1, 0.15) is 0 Å². The molecule has 0 amide bonds. The minimum absolute atomic E-state index is 0.200. The number of hydrogen-bond acceptors (Lipinski definition) is 1. The molecule has 0 aliphatic heterocycles. The highest BCUT2D eigenvalue weighted by Gasteiger charge is 1.97. The van der Waals surface area contributed by atoms with E-state index in [9.17, 15) is 5.11 Å². The molecule has 1 heteroatoms. The smallest absolute Gasteiger partial charge is 0.0577 e. The molecule has 0 radical (unpaired) electrons. The summed E-state index contributed by atoms with van der Waals surface area (Å²) < 4.78 is 0. The van der Waals surface area contributed by atoms with Crippen molar-refractivity contribution in [3.63, 3.8) is 0 Å². The molecule has 0 aromatic rings. The zero-order chi connectivity index (χ0) is 7.82. The van der Waals surface area contributed by atoms with Gasteiger partial charge < -0.3 is 5.11 Å². The summed E-state index contributed by atoms with van der Waals surface area (Å²) in [5.41, 5.74) is 0. The standard InChI is InChI=1S/C9H16O/c1-3-5-6-8-9(10)7-4-2/h3-5,9-10H,2,6-8H2,1H3. The van der Waals surface area contributed by atoms with E-state index < -0.39 is 0 Å². The Kier molecular flexibility index (Phi) is 6.19. The average molecular weight is 140 g/mol. The van der Waals surface area contributed by atoms with Crippen molar-refractivity contribution in [3.8, 4) is 0 Å². The average Bonchev–Trinajstić information content (AvgIpc) is 1.89. The molecule has 58 valence electrons. The molecule has 0 bridgehead atoms. The molecule has 0 fully saturated rings. The van der Waals surface area contributed by atoms with E-state index in [1.165, 1.54) is 0 Å². The van der Waals surface area contributed by atoms with Gasteiger partial charge in [-0.05, 0) is 26.2 Å². The van der Waals surface area contributed by atoms with Crippen LogP contribution in [0.2, 0.25) is 0 Å². The Morgan fingerprint density at radius 2 is 2.30 bits per heavy atom. The first kappa shape index (κ1) is 9.44. The van der Waals surface area contributed by atoms with Crippen LogP contribution in [-0.4, -0.2) is 11.2 Å². The van der Waals surface area contributed by atoms with Gasteiger partial charge in [-0.2, -0.15) is 0 Å². The Morgan fingerprint density at radius 3 is 2.80 bits per heavy atom. The van der Waals surface area contributed by atoms with Crippen LogP contribution in [0.1, 0.15) is 26.2 Å². The molecule has 10 heavy (non-hydrogen) atoms. The molecule has 1 unspecified atom stereocenters. The van der Waals surface area contributed by atoms with Crippen molar-refractivity contribution in [2.24, 2.45) is 0 Å². The summed E-state index contributed by atoms with van der Waals surface area (Å²) in [6.45, 7) is 5.54. The minimum atomic E-state index is -0.200. The van der Waals surface area contributed by atoms with Gasteiger partial charge in [0.25, 0.3) is 0 Å². The molecule has 0 aromatic heterocycles. The van der Waals surface area contributed by atoms with Gasteiger partial charge in [-0.3, -0.25) is 0 Å². The van der Waals surface area contributed by atoms with Crippen LogP contribution < -0.4 is 0 Å². The summed E-state index contributed by atoms with van der Waals surface area (Å²) >= 11 is 0. The van der Waals surface area contributed by atoms with Crippen molar-refractivity contribution in [1.82, 2.24) is 0 Å². The highest BCUT2D eigenvalue weighted by Crippen LogP contribution is 2.02. The molecule has 1 nitrogen and oxygen atoms in total. The number of allylic oxidation sites excluding steroid dienone is 2. The maximum atomic E-state index is 9.17. The summed E-state index contributed by atoms with van der Waals surface area (Å²) in [6, 6.07) is 0. The third-order valence-electron chi connectivity index (χ3n) is 1.34. The Bertz CT molecular complexity index is 105. The summed E-state index contributed by atoms with van der Waals surface area (Å²) in [5, 5.41) is 9.17. The van der Waals surface area contributed by atoms with Gasteiger partial charge in [-0.25, -0.2) is 0 Å². The second kappa shape index (κ2) is 6.56. The molecule has 0 saturated carbocycles. The van der Waals surface area contributed by atoms with Crippen LogP contribution in [0.3, 0.4) is 0 Å². The molecule has 0 aromatic carbocycles. The molecular weight excluding hydrogens is 124 g/mol. The second-order valence-corrected chi connectivity index (χ2v) is 2.32. The molecule has 0 rings (SSSR count). The first-order valence-electron chi connectivity index (χ1n) is 3.71. The topological polar surface area (TPSA) is 20.2 Å². The van der Waals surface area contributed by atoms with Gasteiger partial charge in [0.15, 0.2) is 0 Å². The van der Waals surface area contributed by atoms with E-state index in [1.54, 1.807) is 6.08 Å². The molecule has 0 spiro atoms. The fourth-order valence-corrected chi connectivity index (χ4v) is 0.766. The van der Waals surface area contributed by atoms with E-state index in [4.69, 9.17) is 0 Å². The normalized spacial score (nSPS) is 13.8. The third-order valence-corrected chi connectivity index (χ3v) is 1.34. The zero-order valence-corrected chi connectivity index (χ0v) is 6.59. The zero-order valence-electron chi connectivity index (χ0n) is 6.59. The maximum absolute atomic E-state index is 9.17. The monoisotopic (exact) mass is 140 g/mol. The summed E-state index contributed by atoms with van der Waals surface area (Å²) in [6.07, 6.45) is 8.13. The van der Waals surface area contributed by atoms with Crippen molar-refractivity contribution in [1.29, 1.82) is 0 Å². The van der Waals surface area contributed by atoms with Gasteiger partial charge in [0.2, 0.25) is 0 Å². The van der Waals surface area contributed by atoms with Crippen LogP contribution in [0, 0.1) is 0 Å². The fraction of sp³-hybridized carbons (Fsp3) is 0.556. The van der Waals surface area contributed by atoms with Crippen molar-refractivity contribution >= 4 is 0 Å². The number of rotatable bonds is 5. The lowest BCUT2D eigenvalue weighted by atomic mass is 10.1. The van der Waals surface area contributed by atoms with Crippen LogP contribution in [0.4, 0.5) is 0 Å². The van der Waals surface area contributed by atoms with Gasteiger partial charge in [-0.1, -0.05) is 18.2 Å². The largest absolute Gasteiger partial charge is 0.393 e. The predicted octanol–water partition coefficient (Wildman–Crippen LogP) is 2.28. The van der Waals surface area contributed by atoms with Crippen molar-refractivity contribution in [2.45, 2.75) is 32.3 Å². The SMILES string of the molecule is C=CCC(O)CCC=CC. The minimum Gasteiger partial charge on any atom is -0.393 e. The van der Waals surface area contributed by atoms with Gasteiger partial charge in [0, 0.05) is 0 Å². The Labute approximate surface area is 63.1 Å². The molecule has 0 aliphatic carbocycles. The Hall–Kier alpha value is -0.560. The molecule has 1 N–H and O–H groups in total. The highest BCUT2D eigenvalue weighted by molar-refractivity contribution is 4.80. The first-order valence-corrected chi connectivity index (χ1v) is 3.71. The highest BCUT2D eigenvalue weighted by atomic mass is 16.3. The van der Waals surface area contributed by atoms with Gasteiger partial charge >= 0.3 is 0 Å². The molecule has 0 aliphatic rings. The quantitative estimate of drug-likeness (QED) is 0.581. The van der Waals surface area contributed by atoms with E-state index >= 15 is 0 Å². The van der Waals surface area contributed by atoms with Crippen molar-refractivity contribution in [3.05, 3.63) is 24.8 Å². The van der Waals surface area contributed by atoms with E-state index in [-0.39, 0.29) is 6.10 Å². The van der Waals surface area contributed by atoms with Crippen LogP contribution >= 0.6 is 0 Å². The van der Waals surface area contributed by atoms with Crippen LogP contribution in [-0.2, 0) is 0 Å². The second-order valence-electron chi connectivity index (χ2n) is 2.32. The van der Waals surface area contributed by atoms with Crippen LogP contribution in [0.5, 0.6) is 0 Å². The molecule has 1 atom stereocenters. The van der Waals surface area contributed by atoms with Crippen molar-refractivity contribution < 1.29 is 5.11 Å². The maximum Gasteiger partial charge on any atom is 0.0577 e. The summed E-state index contributed by atoms with van der Waals surface area (Å²) in [4.78, 5) is 0. The summed E-state index contributed by atoms with van der Waals surface area (Å²) in [7, 11) is 0. The van der Waals surface area contributed by atoms with Gasteiger partial charge in [0.05, 0.1) is 6.10 Å². The molecule has 0 heterocycles. The van der Waals surface area contributed by atoms with E-state index in [0.29, 0.717) is 6.42 Å². The number of hydrogen-bond donors (Lipinski definition) is 1. The molecule has 0 saturated heterocycles. The lowest BCUT2D eigenvalue weighted by Crippen LogP contribution is -2.02. The lowest BCUT2D eigenvalue weighted by Gasteiger charge is -2.03. The van der Waals surface area contributed by atoms with E-state index in [1.807, 2.05) is 13.0 Å². The van der Waals surface area contributed by atoms with Crippen LogP contribution in [0.25, 0.3) is 0 Å². The number of aliphatic hydroxyl groups is 1. The van der Waals surface area contributed by atoms with Gasteiger partial charge in [-0.15, -0.1) is 6.58 Å². The summed E-state index contributed by atoms with van der Waals surface area (Å²) in [5.74, 6) is 0.